The van der Waals surface area contributed by atoms with Gasteiger partial charge in [0.1, 0.15) is 0 Å². The van der Waals surface area contributed by atoms with E-state index in [1.807, 2.05) is 12.1 Å². The van der Waals surface area contributed by atoms with E-state index >= 15 is 0 Å². The van der Waals surface area contributed by atoms with Crippen molar-refractivity contribution >= 4 is 5.91 Å². The van der Waals surface area contributed by atoms with E-state index in [-0.39, 0.29) is 31.2 Å². The average Bonchev–Trinajstić information content (AvgIpc) is 2.83. The number of hydrogen-bond donors (Lipinski definition) is 1. The van der Waals surface area contributed by atoms with Crippen LogP contribution in [0.4, 0.5) is 0 Å². The molecular formula is C23H25N3O6. The third kappa shape index (κ3) is 5.57. The Morgan fingerprint density at radius 2 is 1.59 bits per heavy atom. The first kappa shape index (κ1) is 22.7. The van der Waals surface area contributed by atoms with Gasteiger partial charge in [-0.3, -0.25) is 9.59 Å². The summed E-state index contributed by atoms with van der Waals surface area (Å²) in [5, 5.41) is 7.11. The maximum Gasteiger partial charge on any atom is 0.266 e. The number of amides is 1. The molecule has 3 aromatic rings. The highest BCUT2D eigenvalue weighted by molar-refractivity contribution is 5.77. The number of para-hydroxylation sites is 2. The molecule has 0 atom stereocenters. The van der Waals surface area contributed by atoms with E-state index in [4.69, 9.17) is 18.9 Å². The van der Waals surface area contributed by atoms with Crippen LogP contribution in [0.5, 0.6) is 23.0 Å². The summed E-state index contributed by atoms with van der Waals surface area (Å²) in [7, 11) is 4.64. The molecule has 3 rings (SSSR count). The standard InChI is InChI=1S/C23H25N3O6/c1-29-18-6-4-5-7-20(18)32-15-22(27)24-12-13-26-23(28)11-9-17(25-26)16-8-10-19(30-2)21(14-16)31-3/h4-11,14H,12-13,15H2,1-3H3,(H,24,27). The van der Waals surface area contributed by atoms with Crippen molar-refractivity contribution in [2.24, 2.45) is 0 Å². The fourth-order valence-electron chi connectivity index (χ4n) is 2.99. The lowest BCUT2D eigenvalue weighted by Crippen LogP contribution is -2.34. The first-order chi connectivity index (χ1) is 15.5. The van der Waals surface area contributed by atoms with Gasteiger partial charge in [0.25, 0.3) is 11.5 Å². The number of aromatic nitrogens is 2. The summed E-state index contributed by atoms with van der Waals surface area (Å²) in [6.07, 6.45) is 0. The number of nitrogens with zero attached hydrogens (tertiary/aromatic N) is 2. The monoisotopic (exact) mass is 439 g/mol. The normalized spacial score (nSPS) is 10.3. The molecule has 0 aliphatic heterocycles. The Morgan fingerprint density at radius 1 is 0.906 bits per heavy atom. The van der Waals surface area contributed by atoms with Crippen molar-refractivity contribution < 1.29 is 23.7 Å². The Morgan fingerprint density at radius 3 is 2.31 bits per heavy atom. The summed E-state index contributed by atoms with van der Waals surface area (Å²) in [6.45, 7) is 0.255. The van der Waals surface area contributed by atoms with Gasteiger partial charge >= 0.3 is 0 Å². The van der Waals surface area contributed by atoms with E-state index in [1.165, 1.54) is 17.9 Å². The van der Waals surface area contributed by atoms with E-state index in [1.54, 1.807) is 50.6 Å². The summed E-state index contributed by atoms with van der Waals surface area (Å²) in [5.41, 5.74) is 1.09. The molecule has 0 unspecified atom stereocenters. The molecule has 0 fully saturated rings. The summed E-state index contributed by atoms with van der Waals surface area (Å²) < 4.78 is 22.5. The van der Waals surface area contributed by atoms with Crippen molar-refractivity contribution in [1.82, 2.24) is 15.1 Å². The second-order valence-electron chi connectivity index (χ2n) is 6.64. The first-order valence-electron chi connectivity index (χ1n) is 9.88. The van der Waals surface area contributed by atoms with E-state index in [2.05, 4.69) is 10.4 Å². The van der Waals surface area contributed by atoms with Crippen LogP contribution in [0.1, 0.15) is 0 Å². The second-order valence-corrected chi connectivity index (χ2v) is 6.64. The van der Waals surface area contributed by atoms with Gasteiger partial charge < -0.3 is 24.3 Å². The van der Waals surface area contributed by atoms with Gasteiger partial charge in [0.15, 0.2) is 29.6 Å². The van der Waals surface area contributed by atoms with E-state index < -0.39 is 0 Å². The lowest BCUT2D eigenvalue weighted by molar-refractivity contribution is -0.123. The number of nitrogens with one attached hydrogen (secondary N) is 1. The highest BCUT2D eigenvalue weighted by Crippen LogP contribution is 2.31. The fourth-order valence-corrected chi connectivity index (χ4v) is 2.99. The van der Waals surface area contributed by atoms with Gasteiger partial charge in [-0.2, -0.15) is 5.10 Å². The maximum absolute atomic E-state index is 12.2. The topological polar surface area (TPSA) is 101 Å². The van der Waals surface area contributed by atoms with Crippen LogP contribution >= 0.6 is 0 Å². The van der Waals surface area contributed by atoms with Crippen molar-refractivity contribution in [2.45, 2.75) is 6.54 Å². The molecule has 0 aliphatic rings. The highest BCUT2D eigenvalue weighted by Gasteiger charge is 2.10. The molecule has 2 aromatic carbocycles. The van der Waals surface area contributed by atoms with Crippen LogP contribution in [0.25, 0.3) is 11.3 Å². The molecule has 1 N–H and O–H groups in total. The van der Waals surface area contributed by atoms with Crippen LogP contribution < -0.4 is 29.8 Å². The number of carbonyl (C=O) groups excluding carboxylic acids is 1. The molecule has 0 radical (unpaired) electrons. The summed E-state index contributed by atoms with van der Waals surface area (Å²) in [6, 6.07) is 15.5. The molecule has 168 valence electrons. The minimum atomic E-state index is -0.319. The highest BCUT2D eigenvalue weighted by atomic mass is 16.5. The number of methoxy groups -OCH3 is 3. The molecule has 1 aromatic heterocycles. The first-order valence-corrected chi connectivity index (χ1v) is 9.88. The van der Waals surface area contributed by atoms with Crippen molar-refractivity contribution in [2.75, 3.05) is 34.5 Å². The molecule has 0 saturated heterocycles. The van der Waals surface area contributed by atoms with Crippen LogP contribution in [0.3, 0.4) is 0 Å². The van der Waals surface area contributed by atoms with Crippen molar-refractivity contribution in [3.05, 3.63) is 65.0 Å². The molecule has 0 aliphatic carbocycles. The number of hydrogen-bond acceptors (Lipinski definition) is 7. The third-order valence-corrected chi connectivity index (χ3v) is 4.62. The smallest absolute Gasteiger partial charge is 0.266 e. The van der Waals surface area contributed by atoms with Gasteiger partial charge in [-0.1, -0.05) is 12.1 Å². The molecule has 0 saturated carbocycles. The molecule has 1 amide bonds. The van der Waals surface area contributed by atoms with Gasteiger partial charge in [0.05, 0.1) is 33.6 Å². The SMILES string of the molecule is COc1ccc(-c2ccc(=O)n(CCNC(=O)COc3ccccc3OC)n2)cc1OC. The Kier molecular flexibility index (Phi) is 7.69. The van der Waals surface area contributed by atoms with Gasteiger partial charge in [-0.05, 0) is 36.4 Å². The third-order valence-electron chi connectivity index (χ3n) is 4.62. The fraction of sp³-hybridized carbons (Fsp3) is 0.261. The lowest BCUT2D eigenvalue weighted by atomic mass is 10.1. The van der Waals surface area contributed by atoms with Gasteiger partial charge in [-0.25, -0.2) is 4.68 Å². The largest absolute Gasteiger partial charge is 0.493 e. The molecule has 32 heavy (non-hydrogen) atoms. The van der Waals surface area contributed by atoms with Gasteiger partial charge in [-0.15, -0.1) is 0 Å². The van der Waals surface area contributed by atoms with E-state index in [0.717, 1.165) is 5.56 Å². The minimum absolute atomic E-state index is 0.172. The molecule has 0 spiro atoms. The summed E-state index contributed by atoms with van der Waals surface area (Å²) in [4.78, 5) is 24.3. The zero-order valence-corrected chi connectivity index (χ0v) is 18.2. The second kappa shape index (κ2) is 10.9. The Bertz CT molecular complexity index is 1130. The Hall–Kier alpha value is -4.01. The number of ether oxygens (including phenoxy) is 4. The van der Waals surface area contributed by atoms with E-state index in [9.17, 15) is 9.59 Å². The van der Waals surface area contributed by atoms with Crippen LogP contribution in [0.15, 0.2) is 59.4 Å². The maximum atomic E-state index is 12.2. The molecule has 0 bridgehead atoms. The van der Waals surface area contributed by atoms with E-state index in [0.29, 0.717) is 28.7 Å². The average molecular weight is 439 g/mol. The molecule has 9 nitrogen and oxygen atoms in total. The lowest BCUT2D eigenvalue weighted by Gasteiger charge is -2.12. The summed E-state index contributed by atoms with van der Waals surface area (Å²) >= 11 is 0. The van der Waals surface area contributed by atoms with Gasteiger partial charge in [0, 0.05) is 18.2 Å². The number of benzene rings is 2. The molecule has 1 heterocycles. The molecular weight excluding hydrogens is 414 g/mol. The Labute approximate surface area is 185 Å². The quantitative estimate of drug-likeness (QED) is 0.516. The van der Waals surface area contributed by atoms with Crippen LogP contribution in [-0.4, -0.2) is 50.2 Å². The Balaban J connectivity index is 1.60. The summed E-state index contributed by atoms with van der Waals surface area (Å²) in [5.74, 6) is 1.86. The van der Waals surface area contributed by atoms with Crippen molar-refractivity contribution in [1.29, 1.82) is 0 Å². The number of rotatable bonds is 10. The van der Waals surface area contributed by atoms with Crippen LogP contribution in [0, 0.1) is 0 Å². The van der Waals surface area contributed by atoms with Crippen LogP contribution in [-0.2, 0) is 11.3 Å². The van der Waals surface area contributed by atoms with Gasteiger partial charge in [0.2, 0.25) is 0 Å². The predicted molar refractivity (Wildman–Crippen MR) is 119 cm³/mol. The molecule has 9 heteroatoms. The zero-order valence-electron chi connectivity index (χ0n) is 18.2. The predicted octanol–water partition coefficient (Wildman–Crippen LogP) is 2.13. The van der Waals surface area contributed by atoms with Crippen molar-refractivity contribution in [3.63, 3.8) is 0 Å². The minimum Gasteiger partial charge on any atom is -0.493 e. The van der Waals surface area contributed by atoms with Crippen LogP contribution in [0.2, 0.25) is 0 Å². The zero-order chi connectivity index (χ0) is 22.9. The number of carbonyl (C=O) groups is 1. The van der Waals surface area contributed by atoms with Crippen molar-refractivity contribution in [3.8, 4) is 34.3 Å².